The van der Waals surface area contributed by atoms with Crippen LogP contribution in [0.15, 0.2) is 18.2 Å². The number of nitrogens with one attached hydrogen (secondary N) is 3. The van der Waals surface area contributed by atoms with Crippen molar-refractivity contribution in [3.8, 4) is 0 Å². The van der Waals surface area contributed by atoms with Crippen LogP contribution in [0, 0.1) is 0 Å². The molecule has 11 heteroatoms. The Labute approximate surface area is 210 Å². The van der Waals surface area contributed by atoms with Crippen LogP contribution in [0.4, 0.5) is 11.4 Å². The van der Waals surface area contributed by atoms with E-state index < -0.39 is 11.9 Å². The fraction of sp³-hybridized carbons (Fsp3) is 0.520. The van der Waals surface area contributed by atoms with Crippen LogP contribution < -0.4 is 16.0 Å². The van der Waals surface area contributed by atoms with E-state index in [2.05, 4.69) is 25.8 Å². The molecule has 1 fully saturated rings. The Kier molecular flexibility index (Phi) is 9.97. The summed E-state index contributed by atoms with van der Waals surface area (Å²) in [5.41, 5.74) is 2.96. The number of nitrogens with zero attached hydrogens (tertiary/aromatic N) is 2. The zero-order valence-corrected chi connectivity index (χ0v) is 20.9. The number of benzene rings is 1. The van der Waals surface area contributed by atoms with Crippen LogP contribution in [0.1, 0.15) is 36.2 Å². The maximum absolute atomic E-state index is 12.3. The van der Waals surface area contributed by atoms with Gasteiger partial charge in [-0.3, -0.25) is 24.2 Å². The Morgan fingerprint density at radius 2 is 1.94 bits per heavy atom. The van der Waals surface area contributed by atoms with Gasteiger partial charge in [0.15, 0.2) is 5.78 Å². The molecule has 0 saturated carbocycles. The Morgan fingerprint density at radius 3 is 2.61 bits per heavy atom. The standard InChI is InChI=1S/C25H35N5O6/c1-3-29(9-7-27-23(32)5-8-30-10-12-36-13-11-30)16-18-4-6-26-21-15-22(28-24(33)25(34)35)19(17(2)31)14-20(18)21/h4,14-15,26H,3,5-13,16H2,1-2H3,(H,27,32)(H,28,33)(H,34,35). The van der Waals surface area contributed by atoms with E-state index in [0.717, 1.165) is 37.3 Å². The highest BCUT2D eigenvalue weighted by Gasteiger charge is 2.22. The van der Waals surface area contributed by atoms with Gasteiger partial charge in [-0.15, -0.1) is 0 Å². The average Bonchev–Trinajstić information content (AvgIpc) is 2.86. The van der Waals surface area contributed by atoms with Gasteiger partial charge in [0.1, 0.15) is 0 Å². The minimum Gasteiger partial charge on any atom is -0.474 e. The smallest absolute Gasteiger partial charge is 0.394 e. The summed E-state index contributed by atoms with van der Waals surface area (Å²) in [7, 11) is 0. The monoisotopic (exact) mass is 501 g/mol. The van der Waals surface area contributed by atoms with E-state index in [1.54, 1.807) is 12.1 Å². The zero-order chi connectivity index (χ0) is 26.1. The van der Waals surface area contributed by atoms with Gasteiger partial charge in [0.2, 0.25) is 5.91 Å². The Morgan fingerprint density at radius 1 is 1.19 bits per heavy atom. The number of ketones is 1. The summed E-state index contributed by atoms with van der Waals surface area (Å²) in [5, 5.41) is 17.4. The van der Waals surface area contributed by atoms with Gasteiger partial charge in [-0.1, -0.05) is 13.0 Å². The zero-order valence-electron chi connectivity index (χ0n) is 20.9. The van der Waals surface area contributed by atoms with Crippen molar-refractivity contribution < 1.29 is 29.0 Å². The number of hydrogen-bond donors (Lipinski definition) is 4. The predicted molar refractivity (Wildman–Crippen MR) is 136 cm³/mol. The van der Waals surface area contributed by atoms with Gasteiger partial charge in [0.25, 0.3) is 0 Å². The molecule has 2 amide bonds. The number of hydrogen-bond acceptors (Lipinski definition) is 8. The number of morpholine rings is 1. The van der Waals surface area contributed by atoms with Crippen LogP contribution >= 0.6 is 0 Å². The quantitative estimate of drug-likeness (QED) is 0.257. The third-order valence-corrected chi connectivity index (χ3v) is 6.32. The second kappa shape index (κ2) is 13.1. The molecule has 0 radical (unpaired) electrons. The number of carboxylic acids is 1. The van der Waals surface area contributed by atoms with E-state index in [9.17, 15) is 19.2 Å². The third-order valence-electron chi connectivity index (χ3n) is 6.32. The van der Waals surface area contributed by atoms with Crippen molar-refractivity contribution in [1.29, 1.82) is 0 Å². The number of ether oxygens (including phenoxy) is 1. The van der Waals surface area contributed by atoms with Gasteiger partial charge < -0.3 is 25.8 Å². The number of Topliss-reactive ketones (excluding diaryl/α,β-unsaturated/α-hetero) is 1. The van der Waals surface area contributed by atoms with E-state index in [1.165, 1.54) is 6.92 Å². The van der Waals surface area contributed by atoms with Crippen molar-refractivity contribution in [2.24, 2.45) is 0 Å². The summed E-state index contributed by atoms with van der Waals surface area (Å²) < 4.78 is 5.33. The molecule has 0 aliphatic carbocycles. The molecule has 1 saturated heterocycles. The summed E-state index contributed by atoms with van der Waals surface area (Å²) in [5.74, 6) is -3.07. The van der Waals surface area contributed by atoms with Crippen LogP contribution in [-0.4, -0.2) is 104 Å². The van der Waals surface area contributed by atoms with Crippen LogP contribution in [0.2, 0.25) is 0 Å². The van der Waals surface area contributed by atoms with Crippen molar-refractivity contribution in [3.63, 3.8) is 0 Å². The normalized spacial score (nSPS) is 15.5. The molecule has 2 aliphatic rings. The average molecular weight is 502 g/mol. The summed E-state index contributed by atoms with van der Waals surface area (Å²) in [6.07, 6.45) is 2.51. The number of rotatable bonds is 11. The number of carbonyl (C=O) groups excluding carboxylic acids is 3. The largest absolute Gasteiger partial charge is 0.474 e. The Balaban J connectivity index is 1.59. The van der Waals surface area contributed by atoms with E-state index in [4.69, 9.17) is 9.84 Å². The first-order chi connectivity index (χ1) is 17.3. The number of anilines is 2. The fourth-order valence-corrected chi connectivity index (χ4v) is 4.24. The van der Waals surface area contributed by atoms with Crippen LogP contribution in [0.3, 0.4) is 0 Å². The third kappa shape index (κ3) is 7.61. The molecule has 11 nitrogen and oxygen atoms in total. The molecule has 0 unspecified atom stereocenters. The lowest BCUT2D eigenvalue weighted by Gasteiger charge is -2.27. The Hall–Kier alpha value is -3.28. The lowest BCUT2D eigenvalue weighted by atomic mass is 9.95. The van der Waals surface area contributed by atoms with Crippen molar-refractivity contribution in [2.45, 2.75) is 20.3 Å². The highest BCUT2D eigenvalue weighted by Crippen LogP contribution is 2.33. The minimum atomic E-state index is -1.62. The molecular weight excluding hydrogens is 466 g/mol. The van der Waals surface area contributed by atoms with Crippen LogP contribution in [0.5, 0.6) is 0 Å². The molecule has 0 atom stereocenters. The maximum atomic E-state index is 12.3. The molecule has 3 rings (SSSR count). The number of amides is 2. The van der Waals surface area contributed by atoms with E-state index in [1.807, 2.05) is 13.0 Å². The Bertz CT molecular complexity index is 1020. The van der Waals surface area contributed by atoms with Crippen molar-refractivity contribution >= 4 is 40.5 Å². The highest BCUT2D eigenvalue weighted by atomic mass is 16.5. The number of fused-ring (bicyclic) bond motifs is 1. The first-order valence-corrected chi connectivity index (χ1v) is 12.2. The van der Waals surface area contributed by atoms with Crippen molar-refractivity contribution in [1.82, 2.24) is 15.1 Å². The SMILES string of the molecule is CCN(CCNC(=O)CCN1CCOCC1)CC1=CCNc2cc(NC(=O)C(=O)O)c(C(C)=O)cc21. The molecule has 2 aliphatic heterocycles. The summed E-state index contributed by atoms with van der Waals surface area (Å²) in [4.78, 5) is 51.6. The van der Waals surface area contributed by atoms with E-state index in [0.29, 0.717) is 51.5 Å². The topological polar surface area (TPSA) is 140 Å². The second-order valence-corrected chi connectivity index (χ2v) is 8.79. The van der Waals surface area contributed by atoms with Gasteiger partial charge >= 0.3 is 11.9 Å². The number of carbonyl (C=O) groups is 4. The van der Waals surface area contributed by atoms with E-state index in [-0.39, 0.29) is 22.9 Å². The summed E-state index contributed by atoms with van der Waals surface area (Å²) >= 11 is 0. The minimum absolute atomic E-state index is 0.0333. The van der Waals surface area contributed by atoms with Crippen LogP contribution in [0.25, 0.3) is 5.57 Å². The molecule has 1 aromatic rings. The molecule has 0 spiro atoms. The lowest BCUT2D eigenvalue weighted by Crippen LogP contribution is -2.40. The summed E-state index contributed by atoms with van der Waals surface area (Å²) in [6, 6.07) is 3.29. The summed E-state index contributed by atoms with van der Waals surface area (Å²) in [6.45, 7) is 10.5. The lowest BCUT2D eigenvalue weighted by molar-refractivity contribution is -0.147. The molecule has 0 bridgehead atoms. The number of carboxylic acid groups (broad SMARTS) is 1. The maximum Gasteiger partial charge on any atom is 0.394 e. The molecule has 36 heavy (non-hydrogen) atoms. The fourth-order valence-electron chi connectivity index (χ4n) is 4.24. The molecule has 2 heterocycles. The second-order valence-electron chi connectivity index (χ2n) is 8.79. The van der Waals surface area contributed by atoms with E-state index >= 15 is 0 Å². The molecule has 196 valence electrons. The van der Waals surface area contributed by atoms with Gasteiger partial charge in [-0.25, -0.2) is 4.79 Å². The van der Waals surface area contributed by atoms with Crippen molar-refractivity contribution in [2.75, 3.05) is 76.2 Å². The first-order valence-electron chi connectivity index (χ1n) is 12.2. The van der Waals surface area contributed by atoms with Gasteiger partial charge in [-0.05, 0) is 31.2 Å². The molecule has 1 aromatic carbocycles. The van der Waals surface area contributed by atoms with Crippen LogP contribution in [-0.2, 0) is 19.1 Å². The van der Waals surface area contributed by atoms with Gasteiger partial charge in [0, 0.05) is 69.0 Å². The molecule has 4 N–H and O–H groups in total. The predicted octanol–water partition coefficient (Wildman–Crippen LogP) is 0.882. The van der Waals surface area contributed by atoms with Crippen molar-refractivity contribution in [3.05, 3.63) is 29.3 Å². The number of likely N-dealkylation sites (N-methyl/N-ethyl adjacent to an activating group) is 1. The van der Waals surface area contributed by atoms with Gasteiger partial charge in [-0.2, -0.15) is 0 Å². The molecule has 0 aromatic heterocycles. The highest BCUT2D eigenvalue weighted by molar-refractivity contribution is 6.37. The first kappa shape index (κ1) is 27.3. The molecular formula is C25H35N5O6. The number of aliphatic carboxylic acids is 1. The van der Waals surface area contributed by atoms with Gasteiger partial charge in [0.05, 0.1) is 18.9 Å².